The van der Waals surface area contributed by atoms with Crippen LogP contribution in [0.15, 0.2) is 21.5 Å². The lowest BCUT2D eigenvalue weighted by molar-refractivity contribution is 0.0715. The van der Waals surface area contributed by atoms with Crippen LogP contribution in [0, 0.1) is 5.82 Å². The third-order valence-corrected chi connectivity index (χ3v) is 4.37. The third kappa shape index (κ3) is 3.56. The van der Waals surface area contributed by atoms with E-state index in [4.69, 9.17) is 5.14 Å². The zero-order valence-electron chi connectivity index (χ0n) is 11.4. The van der Waals surface area contributed by atoms with Crippen molar-refractivity contribution in [2.75, 3.05) is 6.54 Å². The van der Waals surface area contributed by atoms with Crippen molar-refractivity contribution in [3.63, 3.8) is 0 Å². The smallest absolute Gasteiger partial charge is 0.255 e. The molecule has 20 heavy (non-hydrogen) atoms. The first kappa shape index (κ1) is 17.1. The number of carbonyl (C=O) groups excluding carboxylic acids is 1. The van der Waals surface area contributed by atoms with Gasteiger partial charge in [0.15, 0.2) is 0 Å². The molecule has 0 saturated heterocycles. The molecule has 0 radical (unpaired) electrons. The first-order valence-corrected chi connectivity index (χ1v) is 8.26. The van der Waals surface area contributed by atoms with Crippen LogP contribution in [0.1, 0.15) is 31.1 Å². The molecule has 0 fully saturated rings. The van der Waals surface area contributed by atoms with E-state index in [0.717, 1.165) is 12.1 Å². The number of hydrogen-bond donors (Lipinski definition) is 1. The Labute approximate surface area is 126 Å². The van der Waals surface area contributed by atoms with Gasteiger partial charge in [0.25, 0.3) is 5.91 Å². The van der Waals surface area contributed by atoms with Crippen LogP contribution in [-0.4, -0.2) is 31.8 Å². The molecule has 0 spiro atoms. The SMILES string of the molecule is CCN(C(=O)c1cc(S(N)(=O)=O)c(F)cc1Br)C(C)C. The monoisotopic (exact) mass is 366 g/mol. The summed E-state index contributed by atoms with van der Waals surface area (Å²) in [5, 5.41) is 4.94. The maximum atomic E-state index is 13.6. The fourth-order valence-electron chi connectivity index (χ4n) is 1.81. The number of nitrogens with two attached hydrogens (primary N) is 1. The van der Waals surface area contributed by atoms with Gasteiger partial charge >= 0.3 is 0 Å². The molecular weight excluding hydrogens is 351 g/mol. The maximum Gasteiger partial charge on any atom is 0.255 e. The van der Waals surface area contributed by atoms with Crippen molar-refractivity contribution < 1.29 is 17.6 Å². The van der Waals surface area contributed by atoms with Crippen molar-refractivity contribution in [1.82, 2.24) is 4.90 Å². The van der Waals surface area contributed by atoms with Crippen molar-refractivity contribution in [2.45, 2.75) is 31.7 Å². The largest absolute Gasteiger partial charge is 0.336 e. The Morgan fingerprint density at radius 2 is 2.00 bits per heavy atom. The van der Waals surface area contributed by atoms with Gasteiger partial charge in [0.05, 0.1) is 5.56 Å². The molecule has 0 aliphatic rings. The molecule has 0 saturated carbocycles. The second kappa shape index (κ2) is 6.19. The summed E-state index contributed by atoms with van der Waals surface area (Å²) in [6.45, 7) is 5.92. The Morgan fingerprint density at radius 1 is 1.45 bits per heavy atom. The van der Waals surface area contributed by atoms with Crippen molar-refractivity contribution in [2.24, 2.45) is 5.14 Å². The number of benzene rings is 1. The predicted molar refractivity (Wildman–Crippen MR) is 77.3 cm³/mol. The van der Waals surface area contributed by atoms with Crippen molar-refractivity contribution >= 4 is 31.9 Å². The zero-order valence-corrected chi connectivity index (χ0v) is 13.8. The minimum Gasteiger partial charge on any atom is -0.336 e. The van der Waals surface area contributed by atoms with E-state index >= 15 is 0 Å². The minimum atomic E-state index is -4.23. The molecule has 1 rings (SSSR count). The number of sulfonamides is 1. The maximum absolute atomic E-state index is 13.6. The van der Waals surface area contributed by atoms with Crippen LogP contribution in [0.3, 0.4) is 0 Å². The number of amides is 1. The molecule has 0 aliphatic carbocycles. The molecule has 8 heteroatoms. The Hall–Kier alpha value is -0.990. The molecule has 5 nitrogen and oxygen atoms in total. The van der Waals surface area contributed by atoms with Crippen LogP contribution in [0.2, 0.25) is 0 Å². The summed E-state index contributed by atoms with van der Waals surface area (Å²) >= 11 is 3.07. The van der Waals surface area contributed by atoms with E-state index in [-0.39, 0.29) is 22.0 Å². The second-order valence-electron chi connectivity index (χ2n) is 4.49. The van der Waals surface area contributed by atoms with Gasteiger partial charge in [-0.05, 0) is 48.8 Å². The lowest BCUT2D eigenvalue weighted by Gasteiger charge is -2.25. The minimum absolute atomic E-state index is 0.0611. The van der Waals surface area contributed by atoms with Crippen molar-refractivity contribution in [3.05, 3.63) is 28.0 Å². The van der Waals surface area contributed by atoms with Gasteiger partial charge in [-0.15, -0.1) is 0 Å². The molecule has 0 heterocycles. The summed E-state index contributed by atoms with van der Waals surface area (Å²) in [5.41, 5.74) is 0.0611. The number of halogens is 2. The van der Waals surface area contributed by atoms with Crippen LogP contribution >= 0.6 is 15.9 Å². The highest BCUT2D eigenvalue weighted by Crippen LogP contribution is 2.25. The van der Waals surface area contributed by atoms with E-state index in [1.54, 1.807) is 6.92 Å². The lowest BCUT2D eigenvalue weighted by atomic mass is 10.1. The van der Waals surface area contributed by atoms with E-state index in [1.807, 2.05) is 13.8 Å². The molecule has 2 N–H and O–H groups in total. The number of carbonyl (C=O) groups is 1. The van der Waals surface area contributed by atoms with Gasteiger partial charge in [0, 0.05) is 17.1 Å². The molecule has 0 aliphatic heterocycles. The van der Waals surface area contributed by atoms with Gasteiger partial charge in [-0.3, -0.25) is 4.79 Å². The highest BCUT2D eigenvalue weighted by atomic mass is 79.9. The topological polar surface area (TPSA) is 80.5 Å². The first-order chi connectivity index (χ1) is 9.09. The van der Waals surface area contributed by atoms with Crippen molar-refractivity contribution in [3.8, 4) is 0 Å². The number of hydrogen-bond acceptors (Lipinski definition) is 3. The highest BCUT2D eigenvalue weighted by Gasteiger charge is 2.24. The van der Waals surface area contributed by atoms with E-state index in [0.29, 0.717) is 6.54 Å². The number of rotatable bonds is 4. The zero-order chi connectivity index (χ0) is 15.7. The molecule has 0 unspecified atom stereocenters. The molecule has 0 aromatic heterocycles. The number of nitrogens with zero attached hydrogens (tertiary/aromatic N) is 1. The Bertz CT molecular complexity index is 632. The molecule has 0 bridgehead atoms. The molecule has 1 aromatic rings. The highest BCUT2D eigenvalue weighted by molar-refractivity contribution is 9.10. The Balaban J connectivity index is 3.43. The van der Waals surface area contributed by atoms with Gasteiger partial charge in [-0.2, -0.15) is 0 Å². The molecule has 1 amide bonds. The van der Waals surface area contributed by atoms with Gasteiger partial charge in [0.2, 0.25) is 10.0 Å². The summed E-state index contributed by atoms with van der Waals surface area (Å²) in [7, 11) is -4.23. The summed E-state index contributed by atoms with van der Waals surface area (Å²) in [6.07, 6.45) is 0. The van der Waals surface area contributed by atoms with Crippen LogP contribution < -0.4 is 5.14 Å². The molecular formula is C12H16BrFN2O3S. The normalized spacial score (nSPS) is 11.8. The number of primary sulfonamides is 1. The Kier molecular flexibility index (Phi) is 5.28. The lowest BCUT2D eigenvalue weighted by Crippen LogP contribution is -2.37. The van der Waals surface area contributed by atoms with Crippen LogP contribution in [0.25, 0.3) is 0 Å². The predicted octanol–water partition coefficient (Wildman–Crippen LogP) is 2.11. The van der Waals surface area contributed by atoms with Crippen LogP contribution in [0.5, 0.6) is 0 Å². The Morgan fingerprint density at radius 3 is 2.40 bits per heavy atom. The average Bonchev–Trinajstić information content (AvgIpc) is 2.27. The van der Waals surface area contributed by atoms with Crippen LogP contribution in [-0.2, 0) is 10.0 Å². The fourth-order valence-corrected chi connectivity index (χ4v) is 2.91. The van der Waals surface area contributed by atoms with E-state index < -0.39 is 20.7 Å². The van der Waals surface area contributed by atoms with Gasteiger partial charge in [-0.1, -0.05) is 0 Å². The van der Waals surface area contributed by atoms with Gasteiger partial charge < -0.3 is 4.90 Å². The van der Waals surface area contributed by atoms with Crippen LogP contribution in [0.4, 0.5) is 4.39 Å². The fraction of sp³-hybridized carbons (Fsp3) is 0.417. The summed E-state index contributed by atoms with van der Waals surface area (Å²) < 4.78 is 36.4. The van der Waals surface area contributed by atoms with Gasteiger partial charge in [-0.25, -0.2) is 17.9 Å². The van der Waals surface area contributed by atoms with Crippen molar-refractivity contribution in [1.29, 1.82) is 0 Å². The molecule has 1 aromatic carbocycles. The molecule has 0 atom stereocenters. The van der Waals surface area contributed by atoms with E-state index in [2.05, 4.69) is 15.9 Å². The third-order valence-electron chi connectivity index (χ3n) is 2.78. The summed E-state index contributed by atoms with van der Waals surface area (Å²) in [5.74, 6) is -1.39. The average molecular weight is 367 g/mol. The van der Waals surface area contributed by atoms with E-state index in [1.165, 1.54) is 4.90 Å². The first-order valence-electron chi connectivity index (χ1n) is 5.92. The van der Waals surface area contributed by atoms with Gasteiger partial charge in [0.1, 0.15) is 10.7 Å². The van der Waals surface area contributed by atoms with E-state index in [9.17, 15) is 17.6 Å². The second-order valence-corrected chi connectivity index (χ2v) is 6.88. The molecule has 112 valence electrons. The standard InChI is InChI=1S/C12H16BrFN2O3S/c1-4-16(7(2)3)12(17)8-5-11(20(15,18)19)10(14)6-9(8)13/h5-7H,4H2,1-3H3,(H2,15,18,19). The summed E-state index contributed by atoms with van der Waals surface area (Å²) in [4.78, 5) is 13.2. The quantitative estimate of drug-likeness (QED) is 0.885. The summed E-state index contributed by atoms with van der Waals surface area (Å²) in [6, 6.07) is 1.82.